The third-order valence-electron chi connectivity index (χ3n) is 3.05. The van der Waals surface area contributed by atoms with Crippen LogP contribution >= 0.6 is 0 Å². The Bertz CT molecular complexity index is 834. The van der Waals surface area contributed by atoms with Crippen LogP contribution in [0.15, 0.2) is 59.3 Å². The van der Waals surface area contributed by atoms with Crippen molar-refractivity contribution in [3.8, 4) is 5.69 Å². The number of benzene rings is 2. The van der Waals surface area contributed by atoms with Crippen molar-refractivity contribution < 1.29 is 24.5 Å². The molecule has 2 heterocycles. The van der Waals surface area contributed by atoms with Crippen molar-refractivity contribution in [1.29, 1.82) is 0 Å². The van der Waals surface area contributed by atoms with Crippen molar-refractivity contribution in [3.05, 3.63) is 60.9 Å². The van der Waals surface area contributed by atoms with E-state index in [4.69, 9.17) is 4.42 Å². The van der Waals surface area contributed by atoms with E-state index >= 15 is 0 Å². The molecule has 0 fully saturated rings. The first kappa shape index (κ1) is 12.1. The molecular weight excluding hydrogens is 416 g/mol. The van der Waals surface area contributed by atoms with E-state index in [1.54, 1.807) is 6.20 Å². The SMILES string of the molecule is [Ir].[c-]1ccc2oc3ccccc3c2c1-n1cccn1. The molecule has 19 heavy (non-hydrogen) atoms. The number of aromatic nitrogens is 2. The predicted molar refractivity (Wildman–Crippen MR) is 69.7 cm³/mol. The number of hydrogen-bond acceptors (Lipinski definition) is 2. The van der Waals surface area contributed by atoms with Crippen LogP contribution in [0.4, 0.5) is 0 Å². The van der Waals surface area contributed by atoms with Gasteiger partial charge in [-0.05, 0) is 23.2 Å². The molecule has 0 atom stereocenters. The Kier molecular flexibility index (Phi) is 2.97. The van der Waals surface area contributed by atoms with Crippen LogP contribution in [0.3, 0.4) is 0 Å². The summed E-state index contributed by atoms with van der Waals surface area (Å²) in [6.07, 6.45) is 3.67. The molecule has 95 valence electrons. The molecule has 1 radical (unpaired) electrons. The Balaban J connectivity index is 0.00000110. The van der Waals surface area contributed by atoms with Gasteiger partial charge in [-0.3, -0.25) is 4.68 Å². The van der Waals surface area contributed by atoms with Crippen LogP contribution in [-0.4, -0.2) is 9.78 Å². The summed E-state index contributed by atoms with van der Waals surface area (Å²) >= 11 is 0. The molecule has 0 aliphatic heterocycles. The Morgan fingerprint density at radius 2 is 1.95 bits per heavy atom. The molecule has 2 aromatic heterocycles. The number of fused-ring (bicyclic) bond motifs is 3. The van der Waals surface area contributed by atoms with Gasteiger partial charge in [0.15, 0.2) is 0 Å². The van der Waals surface area contributed by atoms with E-state index in [0.717, 1.165) is 27.6 Å². The van der Waals surface area contributed by atoms with Gasteiger partial charge in [0.1, 0.15) is 5.58 Å². The maximum Gasteiger partial charge on any atom is 0.120 e. The van der Waals surface area contributed by atoms with Gasteiger partial charge in [0.25, 0.3) is 0 Å². The van der Waals surface area contributed by atoms with Crippen LogP contribution in [0.25, 0.3) is 27.6 Å². The van der Waals surface area contributed by atoms with Gasteiger partial charge in [-0.2, -0.15) is 17.2 Å². The van der Waals surface area contributed by atoms with Crippen molar-refractivity contribution in [3.63, 3.8) is 0 Å². The zero-order valence-corrected chi connectivity index (χ0v) is 12.2. The molecule has 4 rings (SSSR count). The molecule has 4 aromatic rings. The van der Waals surface area contributed by atoms with Gasteiger partial charge in [0.2, 0.25) is 0 Å². The maximum atomic E-state index is 5.83. The summed E-state index contributed by atoms with van der Waals surface area (Å²) < 4.78 is 7.64. The van der Waals surface area contributed by atoms with Crippen molar-refractivity contribution in [1.82, 2.24) is 9.78 Å². The average Bonchev–Trinajstić information content (AvgIpc) is 3.05. The molecule has 3 nitrogen and oxygen atoms in total. The van der Waals surface area contributed by atoms with Crippen LogP contribution in [0.5, 0.6) is 0 Å². The fraction of sp³-hybridized carbons (Fsp3) is 0. The van der Waals surface area contributed by atoms with Gasteiger partial charge in [0.05, 0.1) is 0 Å². The van der Waals surface area contributed by atoms with Gasteiger partial charge < -0.3 is 4.42 Å². The first-order valence-electron chi connectivity index (χ1n) is 5.75. The van der Waals surface area contributed by atoms with E-state index in [2.05, 4.69) is 17.2 Å². The van der Waals surface area contributed by atoms with Crippen molar-refractivity contribution >= 4 is 21.9 Å². The van der Waals surface area contributed by atoms with Crippen molar-refractivity contribution in [2.24, 2.45) is 0 Å². The van der Waals surface area contributed by atoms with Crippen molar-refractivity contribution in [2.75, 3.05) is 0 Å². The minimum absolute atomic E-state index is 0. The summed E-state index contributed by atoms with van der Waals surface area (Å²) in [5.41, 5.74) is 2.67. The Hall–Kier alpha value is -1.90. The fourth-order valence-electron chi connectivity index (χ4n) is 2.28. The first-order chi connectivity index (χ1) is 8.93. The molecule has 0 aliphatic carbocycles. The number of nitrogens with zero attached hydrogens (tertiary/aromatic N) is 2. The predicted octanol–water partition coefficient (Wildman–Crippen LogP) is 3.57. The number of hydrogen-bond donors (Lipinski definition) is 0. The van der Waals surface area contributed by atoms with E-state index in [1.807, 2.05) is 47.3 Å². The molecule has 0 saturated heterocycles. The molecule has 0 saturated carbocycles. The summed E-state index contributed by atoms with van der Waals surface area (Å²) in [6, 6.07) is 16.9. The molecule has 0 bridgehead atoms. The smallest absolute Gasteiger partial charge is 0.120 e. The fourth-order valence-corrected chi connectivity index (χ4v) is 2.28. The van der Waals surface area contributed by atoms with E-state index in [0.29, 0.717) is 0 Å². The summed E-state index contributed by atoms with van der Waals surface area (Å²) in [5, 5.41) is 6.41. The molecule has 0 N–H and O–H groups in total. The van der Waals surface area contributed by atoms with Gasteiger partial charge in [-0.1, -0.05) is 23.6 Å². The zero-order chi connectivity index (χ0) is 11.9. The second-order valence-electron chi connectivity index (χ2n) is 4.11. The molecule has 0 spiro atoms. The third-order valence-corrected chi connectivity index (χ3v) is 3.05. The minimum atomic E-state index is 0. The van der Waals surface area contributed by atoms with Crippen LogP contribution in [-0.2, 0) is 20.1 Å². The second-order valence-corrected chi connectivity index (χ2v) is 4.11. The monoisotopic (exact) mass is 426 g/mol. The third kappa shape index (κ3) is 1.81. The van der Waals surface area contributed by atoms with Crippen LogP contribution in [0.1, 0.15) is 0 Å². The van der Waals surface area contributed by atoms with Gasteiger partial charge in [-0.15, -0.1) is 6.07 Å². The van der Waals surface area contributed by atoms with Gasteiger partial charge >= 0.3 is 0 Å². The summed E-state index contributed by atoms with van der Waals surface area (Å²) in [6.45, 7) is 0. The standard InChI is InChI=1S/C15H9N2O.Ir/c1-2-7-13-11(5-1)15-12(17-10-4-9-16-17)6-3-8-14(15)18-13;/h1-5,7-10H;/q-1;. The molecule has 0 amide bonds. The molecule has 0 aliphatic rings. The van der Waals surface area contributed by atoms with E-state index in [9.17, 15) is 0 Å². The topological polar surface area (TPSA) is 31.0 Å². The Morgan fingerprint density at radius 1 is 1.05 bits per heavy atom. The van der Waals surface area contributed by atoms with Gasteiger partial charge in [0, 0.05) is 38.1 Å². The van der Waals surface area contributed by atoms with Gasteiger partial charge in [-0.25, -0.2) is 0 Å². The van der Waals surface area contributed by atoms with E-state index in [-0.39, 0.29) is 20.1 Å². The largest absolute Gasteiger partial charge is 0.483 e. The van der Waals surface area contributed by atoms with Crippen molar-refractivity contribution in [2.45, 2.75) is 0 Å². The summed E-state index contributed by atoms with van der Waals surface area (Å²) in [4.78, 5) is 0. The number of furan rings is 1. The Morgan fingerprint density at radius 3 is 2.79 bits per heavy atom. The molecule has 2 aromatic carbocycles. The zero-order valence-electron chi connectivity index (χ0n) is 9.83. The van der Waals surface area contributed by atoms with Crippen LogP contribution < -0.4 is 0 Å². The van der Waals surface area contributed by atoms with E-state index < -0.39 is 0 Å². The summed E-state index contributed by atoms with van der Waals surface area (Å²) in [7, 11) is 0. The minimum Gasteiger partial charge on any atom is -0.483 e. The summed E-state index contributed by atoms with van der Waals surface area (Å²) in [5.74, 6) is 0. The normalized spacial score (nSPS) is 10.7. The first-order valence-corrected chi connectivity index (χ1v) is 5.75. The molecule has 4 heteroatoms. The quantitative estimate of drug-likeness (QED) is 0.437. The van der Waals surface area contributed by atoms with E-state index in [1.165, 1.54) is 0 Å². The number of para-hydroxylation sites is 1. The molecular formula is C15H9IrN2O-. The second kappa shape index (κ2) is 4.65. The van der Waals surface area contributed by atoms with Crippen LogP contribution in [0, 0.1) is 6.07 Å². The number of rotatable bonds is 1. The maximum absolute atomic E-state index is 5.83. The van der Waals surface area contributed by atoms with Crippen LogP contribution in [0.2, 0.25) is 0 Å². The average molecular weight is 425 g/mol. The molecule has 0 unspecified atom stereocenters. The Labute approximate surface area is 123 Å².